The Labute approximate surface area is 213 Å². The topological polar surface area (TPSA) is 119 Å². The number of anilines is 1. The van der Waals surface area contributed by atoms with Crippen molar-refractivity contribution in [3.63, 3.8) is 0 Å². The summed E-state index contributed by atoms with van der Waals surface area (Å²) in [5, 5.41) is 18.2. The van der Waals surface area contributed by atoms with Crippen molar-refractivity contribution >= 4 is 18.2 Å². The van der Waals surface area contributed by atoms with Crippen molar-refractivity contribution in [3.05, 3.63) is 53.0 Å². The van der Waals surface area contributed by atoms with Gasteiger partial charge in [0.1, 0.15) is 11.5 Å². The van der Waals surface area contributed by atoms with E-state index in [2.05, 4.69) is 25.2 Å². The van der Waals surface area contributed by atoms with Crippen LogP contribution in [0.25, 0.3) is 11.5 Å². The van der Waals surface area contributed by atoms with Crippen molar-refractivity contribution in [2.45, 2.75) is 18.9 Å². The minimum atomic E-state index is -2.92. The number of hydrogen-bond acceptors (Lipinski definition) is 8. The van der Waals surface area contributed by atoms with Crippen LogP contribution in [-0.4, -0.2) is 73.1 Å². The minimum absolute atomic E-state index is 0.149. The first-order valence-corrected chi connectivity index (χ1v) is 11.5. The highest BCUT2D eigenvalue weighted by molar-refractivity contribution is 5.79. The van der Waals surface area contributed by atoms with Crippen LogP contribution in [0.5, 0.6) is 0 Å². The van der Waals surface area contributed by atoms with E-state index in [1.807, 2.05) is 6.07 Å². The van der Waals surface area contributed by atoms with Gasteiger partial charge in [0.15, 0.2) is 11.6 Å². The SMILES string of the molecule is Cn1nc(C(F)F)nc1-c1nc(N2CCN(C(=O)N3N=CC[C@H]3c3cc(F)cc(C#N)c3)CC2)ncc1F. The highest BCUT2D eigenvalue weighted by atomic mass is 19.3. The van der Waals surface area contributed by atoms with Crippen molar-refractivity contribution in [1.29, 1.82) is 5.26 Å². The van der Waals surface area contributed by atoms with E-state index in [1.54, 1.807) is 16.0 Å². The molecule has 2 aliphatic rings. The van der Waals surface area contributed by atoms with E-state index >= 15 is 0 Å². The van der Waals surface area contributed by atoms with Gasteiger partial charge in [0.25, 0.3) is 6.43 Å². The summed E-state index contributed by atoms with van der Waals surface area (Å²) in [5.41, 5.74) is 0.354. The number of carbonyl (C=O) groups excluding carboxylic acids is 1. The second-order valence-corrected chi connectivity index (χ2v) is 8.62. The largest absolute Gasteiger partial charge is 0.341 e. The molecule has 0 radical (unpaired) electrons. The number of halogens is 4. The van der Waals surface area contributed by atoms with Crippen LogP contribution < -0.4 is 4.90 Å². The zero-order chi connectivity index (χ0) is 27.0. The third-order valence-corrected chi connectivity index (χ3v) is 6.21. The molecule has 0 spiro atoms. The number of aryl methyl sites for hydroxylation is 1. The molecule has 0 N–H and O–H groups in total. The molecule has 0 bridgehead atoms. The molecular weight excluding hydrogens is 508 g/mol. The number of hydrogen-bond donors (Lipinski definition) is 0. The van der Waals surface area contributed by atoms with Gasteiger partial charge in [-0.25, -0.2) is 47.0 Å². The maximum Gasteiger partial charge on any atom is 0.341 e. The monoisotopic (exact) mass is 528 g/mol. The molecule has 5 rings (SSSR count). The summed E-state index contributed by atoms with van der Waals surface area (Å²) in [4.78, 5) is 28.5. The number of rotatable bonds is 4. The summed E-state index contributed by atoms with van der Waals surface area (Å²) in [5.74, 6) is -2.16. The third-order valence-electron chi connectivity index (χ3n) is 6.21. The van der Waals surface area contributed by atoms with Crippen molar-refractivity contribution in [2.24, 2.45) is 12.1 Å². The van der Waals surface area contributed by atoms with E-state index in [9.17, 15) is 22.4 Å². The fourth-order valence-electron chi connectivity index (χ4n) is 4.36. The third kappa shape index (κ3) is 4.72. The van der Waals surface area contributed by atoms with Crippen LogP contribution in [0, 0.1) is 23.0 Å². The molecule has 2 aromatic heterocycles. The molecule has 38 heavy (non-hydrogen) atoms. The number of benzene rings is 1. The lowest BCUT2D eigenvalue weighted by Gasteiger charge is -2.37. The van der Waals surface area contributed by atoms with Crippen LogP contribution in [0.4, 0.5) is 28.3 Å². The smallest absolute Gasteiger partial charge is 0.337 e. The number of nitriles is 1. The van der Waals surface area contributed by atoms with Crippen LogP contribution >= 0.6 is 0 Å². The molecule has 3 aromatic rings. The molecule has 0 unspecified atom stereocenters. The number of nitrogens with zero attached hydrogens (tertiary/aromatic N) is 10. The standard InChI is InChI=1S/C23H20F4N10O/c1-34-21(32-20(33-34)19(26)27)18-16(25)12-29-22(31-18)35-4-6-36(7-5-35)23(38)37-17(2-3-30-37)14-8-13(11-28)9-15(24)10-14/h3,8-10,12,17,19H,2,4-7H2,1H3/t17-/m0/s1. The molecule has 2 amide bonds. The van der Waals surface area contributed by atoms with Crippen LogP contribution in [0.1, 0.15) is 35.8 Å². The molecule has 1 saturated heterocycles. The van der Waals surface area contributed by atoms with Crippen LogP contribution in [0.3, 0.4) is 0 Å². The van der Waals surface area contributed by atoms with E-state index in [0.29, 0.717) is 25.1 Å². The summed E-state index contributed by atoms with van der Waals surface area (Å²) >= 11 is 0. The Bertz CT molecular complexity index is 1440. The fraction of sp³-hybridized carbons (Fsp3) is 0.348. The number of piperazine rings is 1. The number of hydrazone groups is 1. The minimum Gasteiger partial charge on any atom is -0.337 e. The fourth-order valence-corrected chi connectivity index (χ4v) is 4.36. The highest BCUT2D eigenvalue weighted by Gasteiger charge is 2.34. The first kappa shape index (κ1) is 25.1. The van der Waals surface area contributed by atoms with Gasteiger partial charge in [0.05, 0.1) is 23.9 Å². The zero-order valence-electron chi connectivity index (χ0n) is 20.0. The first-order valence-electron chi connectivity index (χ1n) is 11.5. The summed E-state index contributed by atoms with van der Waals surface area (Å²) in [6.45, 7) is 1.14. The van der Waals surface area contributed by atoms with Crippen molar-refractivity contribution < 1.29 is 22.4 Å². The van der Waals surface area contributed by atoms with Crippen molar-refractivity contribution in [3.8, 4) is 17.6 Å². The Morgan fingerprint density at radius 3 is 2.58 bits per heavy atom. The van der Waals surface area contributed by atoms with Gasteiger partial charge in [-0.1, -0.05) is 0 Å². The lowest BCUT2D eigenvalue weighted by molar-refractivity contribution is 0.139. The Kier molecular flexibility index (Phi) is 6.62. The lowest BCUT2D eigenvalue weighted by Crippen LogP contribution is -2.52. The second-order valence-electron chi connectivity index (χ2n) is 8.62. The molecule has 11 nitrogen and oxygen atoms in total. The molecule has 0 aliphatic carbocycles. The number of aromatic nitrogens is 5. The van der Waals surface area contributed by atoms with Crippen LogP contribution in [0.15, 0.2) is 29.5 Å². The molecule has 2 aliphatic heterocycles. The van der Waals surface area contributed by atoms with Gasteiger partial charge in [-0.15, -0.1) is 5.10 Å². The molecule has 1 aromatic carbocycles. The lowest BCUT2D eigenvalue weighted by atomic mass is 10.0. The molecule has 196 valence electrons. The van der Waals surface area contributed by atoms with Gasteiger partial charge < -0.3 is 9.80 Å². The molecule has 1 fully saturated rings. The number of alkyl halides is 2. The first-order chi connectivity index (χ1) is 18.2. The number of amides is 2. The van der Waals surface area contributed by atoms with E-state index < -0.39 is 29.9 Å². The Balaban J connectivity index is 1.29. The maximum atomic E-state index is 14.5. The maximum absolute atomic E-state index is 14.5. The summed E-state index contributed by atoms with van der Waals surface area (Å²) in [6.07, 6.45) is -0.0417. The van der Waals surface area contributed by atoms with Gasteiger partial charge in [-0.2, -0.15) is 10.4 Å². The number of urea groups is 1. The number of carbonyl (C=O) groups is 1. The summed E-state index contributed by atoms with van der Waals surface area (Å²) < 4.78 is 55.5. The normalized spacial score (nSPS) is 17.4. The average molecular weight is 528 g/mol. The van der Waals surface area contributed by atoms with E-state index in [4.69, 9.17) is 5.26 Å². The molecule has 1 atom stereocenters. The van der Waals surface area contributed by atoms with E-state index in [-0.39, 0.29) is 42.2 Å². The van der Waals surface area contributed by atoms with Crippen LogP contribution in [-0.2, 0) is 7.05 Å². The Morgan fingerprint density at radius 1 is 1.13 bits per heavy atom. The van der Waals surface area contributed by atoms with Gasteiger partial charge in [0, 0.05) is 45.9 Å². The van der Waals surface area contributed by atoms with Gasteiger partial charge in [0.2, 0.25) is 11.8 Å². The van der Waals surface area contributed by atoms with Gasteiger partial charge >= 0.3 is 6.03 Å². The van der Waals surface area contributed by atoms with Crippen molar-refractivity contribution in [1.82, 2.24) is 34.6 Å². The highest BCUT2D eigenvalue weighted by Crippen LogP contribution is 2.31. The molecule has 0 saturated carbocycles. The quantitative estimate of drug-likeness (QED) is 0.478. The molecular formula is C23H20F4N10O. The van der Waals surface area contributed by atoms with Crippen LogP contribution in [0.2, 0.25) is 0 Å². The summed E-state index contributed by atoms with van der Waals surface area (Å²) in [7, 11) is 1.36. The van der Waals surface area contributed by atoms with E-state index in [0.717, 1.165) is 16.9 Å². The predicted octanol–water partition coefficient (Wildman–Crippen LogP) is 3.03. The van der Waals surface area contributed by atoms with Gasteiger partial charge in [-0.3, -0.25) is 0 Å². The molecule has 4 heterocycles. The Hall–Kier alpha value is -4.61. The van der Waals surface area contributed by atoms with Crippen molar-refractivity contribution in [2.75, 3.05) is 31.1 Å². The average Bonchev–Trinajstić information content (AvgIpc) is 3.55. The Morgan fingerprint density at radius 2 is 1.89 bits per heavy atom. The molecule has 15 heteroatoms. The van der Waals surface area contributed by atoms with Gasteiger partial charge in [-0.05, 0) is 23.8 Å². The second kappa shape index (κ2) is 10.0. The van der Waals surface area contributed by atoms with E-state index in [1.165, 1.54) is 24.2 Å². The predicted molar refractivity (Wildman–Crippen MR) is 125 cm³/mol. The summed E-state index contributed by atoms with van der Waals surface area (Å²) in [6, 6.07) is 4.91. The zero-order valence-corrected chi connectivity index (χ0v) is 20.0.